The molecule has 0 bridgehead atoms. The minimum atomic E-state index is -0.435. The molecular weight excluding hydrogens is 206 g/mol. The molecule has 0 rings (SSSR count). The minimum Gasteiger partial charge on any atom is -0.357 e. The van der Waals surface area contributed by atoms with Gasteiger partial charge >= 0.3 is 0 Å². The zero-order chi connectivity index (χ0) is 12.6. The third-order valence-corrected chi connectivity index (χ3v) is 2.21. The van der Waals surface area contributed by atoms with E-state index in [1.54, 1.807) is 7.05 Å². The van der Waals surface area contributed by atoms with Crippen LogP contribution in [0.3, 0.4) is 0 Å². The van der Waals surface area contributed by atoms with Crippen molar-refractivity contribution in [2.45, 2.75) is 39.2 Å². The summed E-state index contributed by atoms with van der Waals surface area (Å²) in [6.45, 7) is 4.52. The molecule has 0 radical (unpaired) electrons. The largest absolute Gasteiger partial charge is 0.357 e. The van der Waals surface area contributed by atoms with Crippen molar-refractivity contribution in [3.8, 4) is 0 Å². The van der Waals surface area contributed by atoms with E-state index in [0.29, 0.717) is 31.7 Å². The molecule has 0 aliphatic rings. The fourth-order valence-corrected chi connectivity index (χ4v) is 1.41. The molecule has 0 aromatic carbocycles. The Morgan fingerprint density at radius 3 is 2.38 bits per heavy atom. The Kier molecular flexibility index (Phi) is 7.54. The molecule has 0 spiro atoms. The van der Waals surface area contributed by atoms with Gasteiger partial charge in [0.15, 0.2) is 0 Å². The summed E-state index contributed by atoms with van der Waals surface area (Å²) in [5, 5.41) is 5.28. The lowest BCUT2D eigenvalue weighted by Crippen LogP contribution is -2.46. The molecule has 0 heterocycles. The summed E-state index contributed by atoms with van der Waals surface area (Å²) in [5.41, 5.74) is 5.32. The van der Waals surface area contributed by atoms with Crippen LogP contribution in [0.1, 0.15) is 33.1 Å². The third-order valence-electron chi connectivity index (χ3n) is 2.21. The maximum Gasteiger partial charge on any atom is 0.242 e. The molecule has 0 aromatic rings. The molecule has 4 N–H and O–H groups in total. The molecule has 0 fully saturated rings. The van der Waals surface area contributed by atoms with E-state index in [0.717, 1.165) is 0 Å². The first-order chi connectivity index (χ1) is 7.51. The zero-order valence-electron chi connectivity index (χ0n) is 10.4. The van der Waals surface area contributed by atoms with Crippen LogP contribution in [0.15, 0.2) is 0 Å². The highest BCUT2D eigenvalue weighted by Gasteiger charge is 2.20. The van der Waals surface area contributed by atoms with Crippen LogP contribution in [0.4, 0.5) is 0 Å². The summed E-state index contributed by atoms with van der Waals surface area (Å²) in [7, 11) is 1.57. The van der Waals surface area contributed by atoms with Gasteiger partial charge in [0, 0.05) is 13.5 Å². The van der Waals surface area contributed by atoms with Crippen molar-refractivity contribution in [1.82, 2.24) is 10.6 Å². The number of carbonyl (C=O) groups excluding carboxylic acids is 2. The number of hydrogen-bond donors (Lipinski definition) is 3. The van der Waals surface area contributed by atoms with Gasteiger partial charge in [-0.1, -0.05) is 13.8 Å². The van der Waals surface area contributed by atoms with Gasteiger partial charge < -0.3 is 16.4 Å². The quantitative estimate of drug-likeness (QED) is 0.574. The second-order valence-corrected chi connectivity index (χ2v) is 4.26. The Morgan fingerprint density at radius 1 is 1.31 bits per heavy atom. The van der Waals surface area contributed by atoms with Crippen molar-refractivity contribution < 1.29 is 9.59 Å². The Morgan fingerprint density at radius 2 is 1.94 bits per heavy atom. The summed E-state index contributed by atoms with van der Waals surface area (Å²) in [5.74, 6) is 0.103. The summed E-state index contributed by atoms with van der Waals surface area (Å²) in [6.07, 6.45) is 1.67. The van der Waals surface area contributed by atoms with E-state index in [4.69, 9.17) is 5.73 Å². The van der Waals surface area contributed by atoms with Gasteiger partial charge in [-0.3, -0.25) is 9.59 Å². The lowest BCUT2D eigenvalue weighted by Gasteiger charge is -2.19. The van der Waals surface area contributed by atoms with Gasteiger partial charge in [0.25, 0.3) is 0 Å². The van der Waals surface area contributed by atoms with Gasteiger partial charge in [-0.25, -0.2) is 0 Å². The third kappa shape index (κ3) is 6.40. The Balaban J connectivity index is 4.19. The number of carbonyl (C=O) groups is 2. The number of rotatable bonds is 7. The molecule has 0 aliphatic carbocycles. The van der Waals surface area contributed by atoms with Crippen molar-refractivity contribution in [3.63, 3.8) is 0 Å². The predicted octanol–water partition coefficient (Wildman–Crippen LogP) is 0.00220. The Hall–Kier alpha value is -1.10. The van der Waals surface area contributed by atoms with Gasteiger partial charge in [-0.15, -0.1) is 0 Å². The molecule has 0 aliphatic heterocycles. The topological polar surface area (TPSA) is 84.2 Å². The second-order valence-electron chi connectivity index (χ2n) is 4.26. The van der Waals surface area contributed by atoms with E-state index in [9.17, 15) is 9.59 Å². The molecule has 0 aromatic heterocycles. The van der Waals surface area contributed by atoms with Crippen LogP contribution < -0.4 is 16.4 Å². The van der Waals surface area contributed by atoms with Crippen molar-refractivity contribution in [3.05, 3.63) is 0 Å². The Labute approximate surface area is 97.2 Å². The maximum atomic E-state index is 11.5. The van der Waals surface area contributed by atoms with Crippen molar-refractivity contribution in [1.29, 1.82) is 0 Å². The van der Waals surface area contributed by atoms with Crippen molar-refractivity contribution in [2.24, 2.45) is 11.7 Å². The first kappa shape index (κ1) is 14.9. The number of hydrogen-bond acceptors (Lipinski definition) is 3. The fourth-order valence-electron chi connectivity index (χ4n) is 1.41. The van der Waals surface area contributed by atoms with E-state index in [2.05, 4.69) is 10.6 Å². The van der Waals surface area contributed by atoms with Crippen LogP contribution in [0, 0.1) is 5.92 Å². The van der Waals surface area contributed by atoms with Crippen LogP contribution in [0.5, 0.6) is 0 Å². The first-order valence-corrected chi connectivity index (χ1v) is 5.72. The van der Waals surface area contributed by atoms with Gasteiger partial charge in [0.2, 0.25) is 11.8 Å². The van der Waals surface area contributed by atoms with Crippen LogP contribution in [-0.2, 0) is 9.59 Å². The molecule has 2 amide bonds. The van der Waals surface area contributed by atoms with Gasteiger partial charge in [-0.05, 0) is 25.3 Å². The lowest BCUT2D eigenvalue weighted by molar-refractivity contribution is -0.129. The van der Waals surface area contributed by atoms with E-state index in [1.165, 1.54) is 0 Å². The number of likely N-dealkylation sites (N-methyl/N-ethyl adjacent to an activating group) is 1. The normalized spacial score (nSPS) is 12.3. The van der Waals surface area contributed by atoms with Gasteiger partial charge in [0.05, 0.1) is 0 Å². The average Bonchev–Trinajstić information content (AvgIpc) is 2.23. The highest BCUT2D eigenvalue weighted by molar-refractivity contribution is 5.87. The predicted molar refractivity (Wildman–Crippen MR) is 63.7 cm³/mol. The molecule has 5 nitrogen and oxygen atoms in total. The molecule has 0 saturated heterocycles. The van der Waals surface area contributed by atoms with E-state index in [-0.39, 0.29) is 11.8 Å². The van der Waals surface area contributed by atoms with E-state index in [1.807, 2.05) is 13.8 Å². The van der Waals surface area contributed by atoms with Gasteiger partial charge in [0.1, 0.15) is 6.04 Å². The van der Waals surface area contributed by atoms with Crippen LogP contribution >= 0.6 is 0 Å². The summed E-state index contributed by atoms with van der Waals surface area (Å²) in [4.78, 5) is 23.0. The highest BCUT2D eigenvalue weighted by Crippen LogP contribution is 2.05. The lowest BCUT2D eigenvalue weighted by atomic mass is 10.0. The van der Waals surface area contributed by atoms with E-state index >= 15 is 0 Å². The molecular formula is C11H23N3O2. The minimum absolute atomic E-state index is 0.111. The molecule has 1 unspecified atom stereocenters. The van der Waals surface area contributed by atoms with E-state index < -0.39 is 6.04 Å². The number of nitrogens with two attached hydrogens (primary N) is 1. The zero-order valence-corrected chi connectivity index (χ0v) is 10.4. The number of nitrogens with one attached hydrogen (secondary N) is 2. The maximum absolute atomic E-state index is 11.5. The average molecular weight is 229 g/mol. The monoisotopic (exact) mass is 229 g/mol. The molecule has 0 saturated carbocycles. The Bertz CT molecular complexity index is 229. The smallest absolute Gasteiger partial charge is 0.242 e. The highest BCUT2D eigenvalue weighted by atomic mass is 16.2. The molecule has 5 heteroatoms. The summed E-state index contributed by atoms with van der Waals surface area (Å²) >= 11 is 0. The van der Waals surface area contributed by atoms with Crippen molar-refractivity contribution in [2.75, 3.05) is 13.6 Å². The molecule has 1 atom stereocenters. The molecule has 16 heavy (non-hydrogen) atoms. The van der Waals surface area contributed by atoms with Crippen LogP contribution in [-0.4, -0.2) is 31.4 Å². The van der Waals surface area contributed by atoms with Crippen molar-refractivity contribution >= 4 is 11.8 Å². The standard InChI is InChI=1S/C11H23N3O2/c1-8(2)7-9(11(16)13-3)14-10(15)5-4-6-12/h8-9H,4-7,12H2,1-3H3,(H,13,16)(H,14,15). The SMILES string of the molecule is CNC(=O)C(CC(C)C)NC(=O)CCCN. The van der Waals surface area contributed by atoms with Gasteiger partial charge in [-0.2, -0.15) is 0 Å². The van der Waals surface area contributed by atoms with Crippen LogP contribution in [0.25, 0.3) is 0 Å². The first-order valence-electron chi connectivity index (χ1n) is 5.72. The van der Waals surface area contributed by atoms with Crippen LogP contribution in [0.2, 0.25) is 0 Å². The summed E-state index contributed by atoms with van der Waals surface area (Å²) < 4.78 is 0. The molecule has 94 valence electrons. The number of amides is 2. The summed E-state index contributed by atoms with van der Waals surface area (Å²) in [6, 6.07) is -0.435. The second kappa shape index (κ2) is 8.10. The fraction of sp³-hybridized carbons (Fsp3) is 0.818.